The standard InChI is InChI=1S/C54H40N4O/c55-52(42-32-18-6-19-33-42)59-53(56)51-48(40-28-14-4-15-29-40)46(38-24-10-2-11-25-38)50(47(39-26-12-3-13-27-39)49(51)41-30-16-5-17-31-41)45-36-44(37-22-8-1-9-23-37)57-54(58-45)43-34-20-7-21-35-43/h1-36,53,55H,56H2. The second-order valence-electron chi connectivity index (χ2n) is 14.2. The first kappa shape index (κ1) is 36.9. The molecule has 1 heterocycles. The molecule has 1 aromatic heterocycles. The van der Waals surface area contributed by atoms with Gasteiger partial charge < -0.3 is 4.74 Å². The highest BCUT2D eigenvalue weighted by Crippen LogP contribution is 2.54. The van der Waals surface area contributed by atoms with Gasteiger partial charge in [0.2, 0.25) is 5.90 Å². The van der Waals surface area contributed by atoms with E-state index in [2.05, 4.69) is 103 Å². The number of nitrogens with one attached hydrogen (secondary N) is 1. The first-order chi connectivity index (χ1) is 29.1. The molecule has 9 aromatic rings. The van der Waals surface area contributed by atoms with Crippen molar-refractivity contribution >= 4 is 5.90 Å². The fourth-order valence-corrected chi connectivity index (χ4v) is 7.80. The monoisotopic (exact) mass is 760 g/mol. The van der Waals surface area contributed by atoms with E-state index in [1.54, 1.807) is 0 Å². The maximum absolute atomic E-state index is 9.16. The molecule has 8 aromatic carbocycles. The normalized spacial score (nSPS) is 11.5. The Kier molecular flexibility index (Phi) is 10.5. The average molecular weight is 761 g/mol. The molecule has 0 spiro atoms. The molecule has 0 aliphatic rings. The van der Waals surface area contributed by atoms with E-state index >= 15 is 0 Å². The number of aromatic nitrogens is 2. The molecule has 5 heteroatoms. The van der Waals surface area contributed by atoms with E-state index in [1.807, 2.05) is 115 Å². The summed E-state index contributed by atoms with van der Waals surface area (Å²) < 4.78 is 6.56. The van der Waals surface area contributed by atoms with E-state index < -0.39 is 6.23 Å². The van der Waals surface area contributed by atoms with Gasteiger partial charge in [0.05, 0.1) is 11.4 Å². The Morgan fingerprint density at radius 2 is 0.729 bits per heavy atom. The lowest BCUT2D eigenvalue weighted by Gasteiger charge is -2.30. The van der Waals surface area contributed by atoms with Gasteiger partial charge in [-0.25, -0.2) is 9.97 Å². The van der Waals surface area contributed by atoms with Gasteiger partial charge >= 0.3 is 0 Å². The molecule has 0 fully saturated rings. The molecule has 59 heavy (non-hydrogen) atoms. The Hall–Kier alpha value is -7.73. The van der Waals surface area contributed by atoms with Gasteiger partial charge in [0.25, 0.3) is 0 Å². The number of hydrogen-bond donors (Lipinski definition) is 2. The highest BCUT2D eigenvalue weighted by molar-refractivity contribution is 6.09. The molecule has 0 saturated carbocycles. The van der Waals surface area contributed by atoms with Crippen LogP contribution in [-0.2, 0) is 4.74 Å². The molecule has 0 saturated heterocycles. The molecule has 5 nitrogen and oxygen atoms in total. The second kappa shape index (κ2) is 16.8. The molecular weight excluding hydrogens is 721 g/mol. The Bertz CT molecular complexity index is 2670. The van der Waals surface area contributed by atoms with Crippen LogP contribution in [0, 0.1) is 5.41 Å². The topological polar surface area (TPSA) is 84.9 Å². The summed E-state index contributed by atoms with van der Waals surface area (Å²) in [4.78, 5) is 10.7. The Balaban J connectivity index is 1.49. The smallest absolute Gasteiger partial charge is 0.215 e. The molecule has 1 unspecified atom stereocenters. The highest BCUT2D eigenvalue weighted by atomic mass is 16.5. The van der Waals surface area contributed by atoms with Crippen molar-refractivity contribution in [1.82, 2.24) is 9.97 Å². The fraction of sp³-hybridized carbons (Fsp3) is 0.0185. The van der Waals surface area contributed by atoms with E-state index in [1.165, 1.54) is 0 Å². The van der Waals surface area contributed by atoms with Crippen LogP contribution in [0.15, 0.2) is 218 Å². The molecule has 0 amide bonds. The molecular formula is C54H40N4O. The summed E-state index contributed by atoms with van der Waals surface area (Å²) in [5.41, 5.74) is 20.7. The van der Waals surface area contributed by atoms with E-state index in [0.29, 0.717) is 11.4 Å². The largest absolute Gasteiger partial charge is 0.454 e. The summed E-state index contributed by atoms with van der Waals surface area (Å²) in [5.74, 6) is 0.599. The molecule has 1 atom stereocenters. The highest BCUT2D eigenvalue weighted by Gasteiger charge is 2.32. The molecule has 0 radical (unpaired) electrons. The van der Waals surface area contributed by atoms with Crippen molar-refractivity contribution in [3.8, 4) is 78.4 Å². The van der Waals surface area contributed by atoms with Crippen LogP contribution < -0.4 is 5.73 Å². The van der Waals surface area contributed by atoms with Crippen molar-refractivity contribution in [2.24, 2.45) is 5.73 Å². The van der Waals surface area contributed by atoms with E-state index in [4.69, 9.17) is 25.8 Å². The zero-order valence-corrected chi connectivity index (χ0v) is 32.2. The summed E-state index contributed by atoms with van der Waals surface area (Å²) in [6.07, 6.45) is -1.06. The number of benzene rings is 8. The quantitative estimate of drug-likeness (QED) is 0.0826. The summed E-state index contributed by atoms with van der Waals surface area (Å²) in [7, 11) is 0. The summed E-state index contributed by atoms with van der Waals surface area (Å²) in [5, 5.41) is 9.16. The average Bonchev–Trinajstić information content (AvgIpc) is 3.32. The van der Waals surface area contributed by atoms with Crippen LogP contribution in [0.4, 0.5) is 0 Å². The van der Waals surface area contributed by atoms with Crippen LogP contribution in [0.3, 0.4) is 0 Å². The van der Waals surface area contributed by atoms with Gasteiger partial charge in [0, 0.05) is 38.9 Å². The van der Waals surface area contributed by atoms with Crippen molar-refractivity contribution in [3.05, 3.63) is 230 Å². The van der Waals surface area contributed by atoms with Gasteiger partial charge in [-0.05, 0) is 51.6 Å². The number of hydrogen-bond acceptors (Lipinski definition) is 5. The SMILES string of the molecule is N=C(OC(N)c1c(-c2ccccc2)c(-c2ccccc2)c(-c2cc(-c3ccccc3)nc(-c3ccccc3)n2)c(-c2ccccc2)c1-c1ccccc1)c1ccccc1. The van der Waals surface area contributed by atoms with Gasteiger partial charge in [0.1, 0.15) is 0 Å². The first-order valence-corrected chi connectivity index (χ1v) is 19.7. The predicted molar refractivity (Wildman–Crippen MR) is 241 cm³/mol. The minimum absolute atomic E-state index is 0.0153. The van der Waals surface area contributed by atoms with Crippen LogP contribution in [0.25, 0.3) is 78.4 Å². The Morgan fingerprint density at radius 3 is 1.15 bits per heavy atom. The van der Waals surface area contributed by atoms with Crippen LogP contribution in [0.2, 0.25) is 0 Å². The number of ether oxygens (including phenoxy) is 1. The van der Waals surface area contributed by atoms with E-state index in [0.717, 1.165) is 78.1 Å². The number of nitrogens with zero attached hydrogens (tertiary/aromatic N) is 2. The van der Waals surface area contributed by atoms with E-state index in [-0.39, 0.29) is 5.90 Å². The van der Waals surface area contributed by atoms with Gasteiger partial charge in [-0.1, -0.05) is 200 Å². The van der Waals surface area contributed by atoms with Crippen LogP contribution in [0.1, 0.15) is 17.4 Å². The number of rotatable bonds is 10. The lowest BCUT2D eigenvalue weighted by Crippen LogP contribution is -2.22. The fourth-order valence-electron chi connectivity index (χ4n) is 7.80. The Labute approximate surface area is 344 Å². The number of nitrogens with two attached hydrogens (primary N) is 1. The zero-order chi connectivity index (χ0) is 40.0. The summed E-state index contributed by atoms with van der Waals surface area (Å²) in [6.45, 7) is 0. The van der Waals surface area contributed by atoms with Crippen molar-refractivity contribution in [2.75, 3.05) is 0 Å². The maximum Gasteiger partial charge on any atom is 0.215 e. The van der Waals surface area contributed by atoms with Crippen LogP contribution in [-0.4, -0.2) is 15.9 Å². The molecule has 9 rings (SSSR count). The van der Waals surface area contributed by atoms with Crippen molar-refractivity contribution < 1.29 is 4.74 Å². The molecule has 0 aliphatic carbocycles. The molecule has 0 bridgehead atoms. The molecule has 282 valence electrons. The third-order valence-electron chi connectivity index (χ3n) is 10.4. The maximum atomic E-state index is 9.16. The zero-order valence-electron chi connectivity index (χ0n) is 32.2. The van der Waals surface area contributed by atoms with Crippen molar-refractivity contribution in [1.29, 1.82) is 5.41 Å². The van der Waals surface area contributed by atoms with Gasteiger partial charge in [-0.3, -0.25) is 11.1 Å². The first-order valence-electron chi connectivity index (χ1n) is 19.7. The second-order valence-corrected chi connectivity index (χ2v) is 14.2. The van der Waals surface area contributed by atoms with Crippen molar-refractivity contribution in [2.45, 2.75) is 6.23 Å². The Morgan fingerprint density at radius 1 is 0.390 bits per heavy atom. The molecule has 3 N–H and O–H groups in total. The third-order valence-corrected chi connectivity index (χ3v) is 10.4. The lowest BCUT2D eigenvalue weighted by molar-refractivity contribution is 0.200. The molecule has 0 aliphatic heterocycles. The van der Waals surface area contributed by atoms with Crippen molar-refractivity contribution in [3.63, 3.8) is 0 Å². The van der Waals surface area contributed by atoms with E-state index in [9.17, 15) is 0 Å². The van der Waals surface area contributed by atoms with Gasteiger partial charge in [0.15, 0.2) is 12.1 Å². The summed E-state index contributed by atoms with van der Waals surface area (Å²) >= 11 is 0. The van der Waals surface area contributed by atoms with Gasteiger partial charge in [-0.15, -0.1) is 0 Å². The van der Waals surface area contributed by atoms with Gasteiger partial charge in [-0.2, -0.15) is 0 Å². The minimum Gasteiger partial charge on any atom is -0.454 e. The lowest BCUT2D eigenvalue weighted by atomic mass is 9.76. The van der Waals surface area contributed by atoms with Crippen LogP contribution >= 0.6 is 0 Å². The van der Waals surface area contributed by atoms with Crippen LogP contribution in [0.5, 0.6) is 0 Å². The predicted octanol–water partition coefficient (Wildman–Crippen LogP) is 13.1. The minimum atomic E-state index is -1.06. The summed E-state index contributed by atoms with van der Waals surface area (Å²) in [6, 6.07) is 73.5. The third kappa shape index (κ3) is 7.58.